The van der Waals surface area contributed by atoms with Crippen molar-refractivity contribution in [1.29, 1.82) is 5.41 Å². The highest BCUT2D eigenvalue weighted by atomic mass is 32.1. The van der Waals surface area contributed by atoms with Crippen LogP contribution in [0.25, 0.3) is 0 Å². The van der Waals surface area contributed by atoms with Gasteiger partial charge in [-0.3, -0.25) is 92.3 Å². The number of hydrazine groups is 2. The molecule has 0 saturated carbocycles. The number of urea groups is 1. The van der Waals surface area contributed by atoms with Crippen LogP contribution in [0.5, 0.6) is 11.5 Å². The average molecular weight is 1990 g/mol. The lowest BCUT2D eigenvalue weighted by Gasteiger charge is -2.29. The first-order chi connectivity index (χ1) is 65.2. The Morgan fingerprint density at radius 1 is 0.391 bits per heavy atom. The fraction of sp³-hybridized carbons (Fsp3) is 0.553. The van der Waals surface area contributed by atoms with Crippen molar-refractivity contribution in [2.45, 2.75) is 227 Å². The van der Waals surface area contributed by atoms with Crippen LogP contribution in [-0.4, -0.2) is 312 Å². The number of aromatic hydroxyl groups is 2. The molecule has 51 nitrogen and oxygen atoms in total. The fourth-order valence-corrected chi connectivity index (χ4v) is 14.0. The van der Waals surface area contributed by atoms with Gasteiger partial charge in [-0.25, -0.2) is 25.9 Å². The summed E-state index contributed by atoms with van der Waals surface area (Å²) < 4.78 is 0. The summed E-state index contributed by atoms with van der Waals surface area (Å²) in [5.41, 5.74) is 39.1. The van der Waals surface area contributed by atoms with Crippen molar-refractivity contribution < 1.29 is 137 Å². The second kappa shape index (κ2) is 62.7. The van der Waals surface area contributed by atoms with Gasteiger partial charge >= 0.3 is 23.9 Å². The number of nitrogens with one attached hydrogen (secondary N) is 18. The molecule has 0 radical (unpaired) electrons. The highest BCUT2D eigenvalue weighted by molar-refractivity contribution is 7.80. The molecule has 3 rings (SSSR count). The number of carbonyl (C=O) groups excluding carboxylic acids is 16. The molecule has 53 heteroatoms. The number of unbranched alkanes of at least 4 members (excludes halogenated alkanes) is 2. The van der Waals surface area contributed by atoms with Gasteiger partial charge in [0.25, 0.3) is 0 Å². The number of primary amides is 2. The number of carboxylic acids is 3. The number of guanidine groups is 1. The summed E-state index contributed by atoms with van der Waals surface area (Å²) in [6.07, 6.45) is -5.73. The predicted octanol–water partition coefficient (Wildman–Crippen LogP) is -9.21. The number of ketones is 2. The number of hydrogen-bond acceptors (Lipinski definition) is 33. The number of aliphatic carboxylic acids is 3. The number of carboxylic acid groups (broad SMARTS) is 3. The van der Waals surface area contributed by atoms with E-state index in [-0.39, 0.29) is 107 Å². The maximum atomic E-state index is 14.6. The van der Waals surface area contributed by atoms with E-state index in [2.05, 4.69) is 100 Å². The van der Waals surface area contributed by atoms with Crippen molar-refractivity contribution in [3.05, 3.63) is 95.6 Å². The van der Waals surface area contributed by atoms with Gasteiger partial charge in [0.1, 0.15) is 84.0 Å². The number of phenols is 2. The molecule has 0 bridgehead atoms. The SMILES string of the molecule is CC(C)C[C@H](NN[C@@H](CS)C(=O)NC(CCCCN)C(=O)N[C@@H](CCCCN)C(=O)NC(Cc1ccc(O)cc1)C(=O)N[C@@H](CCCNC(=N)N)C(=O)NC(CO)C(=O)O)C(=O)C(=O)[C@@H](NC(=O)C(CC(N)=O)NC(=O)[C@H](CO)NC(=O)C(CO)NC(=O)[C@H](CC(=O)O)NC(=O)C(CC(=O)O)NNC(=O)C(Cc1ccccc1)CC(O)C(Cc1ccc(O)cc1)NC(=O)N[C@@H](CS)C(N)=O)C(C)C. The van der Waals surface area contributed by atoms with Crippen LogP contribution in [0, 0.1) is 23.2 Å². The molecule has 0 fully saturated rings. The topological polar surface area (TPSA) is 865 Å². The number of carbonyl (C=O) groups is 19. The zero-order chi connectivity index (χ0) is 104. The molecular weight excluding hydrogens is 1860 g/mol. The smallest absolute Gasteiger partial charge is 0.328 e. The van der Waals surface area contributed by atoms with Crippen molar-refractivity contribution >= 4 is 144 Å². The predicted molar refractivity (Wildman–Crippen MR) is 499 cm³/mol. The van der Waals surface area contributed by atoms with Crippen LogP contribution in [0.3, 0.4) is 0 Å². The van der Waals surface area contributed by atoms with Crippen LogP contribution in [0.4, 0.5) is 4.79 Å². The van der Waals surface area contributed by atoms with E-state index >= 15 is 0 Å². The van der Waals surface area contributed by atoms with E-state index in [0.717, 1.165) is 0 Å². The summed E-state index contributed by atoms with van der Waals surface area (Å²) in [5.74, 6) is -27.1. The summed E-state index contributed by atoms with van der Waals surface area (Å²) in [4.78, 5) is 259. The minimum atomic E-state index is -2.26. The summed E-state index contributed by atoms with van der Waals surface area (Å²) in [6, 6.07) is -7.70. The quantitative estimate of drug-likeness (QED) is 0.00623. The zero-order valence-corrected chi connectivity index (χ0v) is 78.3. The Morgan fingerprint density at radius 3 is 1.23 bits per heavy atom. The minimum Gasteiger partial charge on any atom is -0.508 e. The van der Waals surface area contributed by atoms with E-state index in [1.165, 1.54) is 62.4 Å². The van der Waals surface area contributed by atoms with E-state index in [1.54, 1.807) is 44.2 Å². The second-order valence-electron chi connectivity index (χ2n) is 33.0. The van der Waals surface area contributed by atoms with Crippen molar-refractivity contribution in [2.75, 3.05) is 51.0 Å². The number of rotatable bonds is 68. The third-order valence-corrected chi connectivity index (χ3v) is 21.7. The minimum absolute atomic E-state index is 0.0151. The van der Waals surface area contributed by atoms with E-state index in [0.29, 0.717) is 29.5 Å². The molecule has 0 saturated heterocycles. The third kappa shape index (κ3) is 44.0. The van der Waals surface area contributed by atoms with Crippen LogP contribution in [-0.2, 0) is 106 Å². The summed E-state index contributed by atoms with van der Waals surface area (Å²) in [6.45, 7) is 2.62. The highest BCUT2D eigenvalue weighted by Gasteiger charge is 2.41. The van der Waals surface area contributed by atoms with Gasteiger partial charge in [-0.05, 0) is 143 Å². The Kier molecular flexibility index (Phi) is 54.1. The highest BCUT2D eigenvalue weighted by Crippen LogP contribution is 2.22. The maximum absolute atomic E-state index is 14.6. The summed E-state index contributed by atoms with van der Waals surface area (Å²) in [5, 5.41) is 130. The zero-order valence-electron chi connectivity index (χ0n) is 76.5. The second-order valence-corrected chi connectivity index (χ2v) is 33.7. The van der Waals surface area contributed by atoms with E-state index in [9.17, 15) is 137 Å². The Labute approximate surface area is 804 Å². The standard InChI is InChI=1S/C85H131N23O28S2/c1-42(2)29-54(105-107-63(41-138)82(133)95-50(15-8-10-26-86)73(124)93-51(16-9-11-27-87)74(125)96-55(32-46-20-24-49(113)25-21-46)76(127)94-52(17-12-28-92-84(90)91)75(126)101-61(39-111)83(134)135)69(120)70(121)68(43(3)4)104-78(129)56(34-65(88)115)97-80(131)59(37-109)100-81(132)60(38-110)99-77(128)57(35-66(116)117)98-79(130)58(36-67(118)119)106-108-72(123)47(30-44-13-6-5-7-14-44)33-64(114)53(31-45-18-22-48(112)23-19-45)102-85(136)103-62(40-137)71(89)122/h5-7,13-14,18-25,42-43,47,50-64,68,105-107,109-114,137-138H,8-12,15-17,26-41,86-87H2,1-4H3,(H2,88,115)(H2,89,122)(H,93,124)(H,94,127)(H,95,133)(H,96,125)(H,97,131)(H,98,130)(H,99,128)(H,100,132)(H,101,126)(H,104,129)(H,108,123)(H,116,117)(H,118,119)(H,134,135)(H4,90,91,92)(H2,102,103,136)/t47?,50?,51-,52-,53?,54-,55?,56?,57-,58?,59-,60?,61?,62-,63-,64?,68-/m0/s1. The number of aliphatic hydroxyl groups is 4. The molecule has 0 aliphatic heterocycles. The fourth-order valence-electron chi connectivity index (χ4n) is 13.5. The molecule has 138 heavy (non-hydrogen) atoms. The normalized spacial score (nSPS) is 14.9. The van der Waals surface area contributed by atoms with Crippen LogP contribution < -0.4 is 119 Å². The largest absolute Gasteiger partial charge is 0.508 e. The molecule has 9 unspecified atom stereocenters. The average Bonchev–Trinajstić information content (AvgIpc) is 0.841. The first-order valence-corrected chi connectivity index (χ1v) is 45.3. The van der Waals surface area contributed by atoms with Crippen molar-refractivity contribution in [3.63, 3.8) is 0 Å². The lowest BCUT2D eigenvalue weighted by atomic mass is 9.89. The van der Waals surface area contributed by atoms with E-state index in [4.69, 9.17) is 34.1 Å². The van der Waals surface area contributed by atoms with Gasteiger partial charge in [0.05, 0.1) is 63.3 Å². The molecule has 0 heterocycles. The van der Waals surface area contributed by atoms with Gasteiger partial charge in [-0.15, -0.1) is 0 Å². The molecule has 17 atom stereocenters. The van der Waals surface area contributed by atoms with Gasteiger partial charge in [-0.1, -0.05) is 82.3 Å². The molecule has 37 N–H and O–H groups in total. The lowest BCUT2D eigenvalue weighted by Crippen LogP contribution is -2.62. The molecule has 3 aromatic rings. The molecule has 3 aromatic carbocycles. The number of phenolic OH excluding ortho intramolecular Hbond substituents is 2. The Hall–Kier alpha value is -13.0. The molecule has 0 spiro atoms. The van der Waals surface area contributed by atoms with Crippen molar-refractivity contribution in [3.8, 4) is 11.5 Å². The van der Waals surface area contributed by atoms with Crippen LogP contribution in [0.2, 0.25) is 0 Å². The third-order valence-electron chi connectivity index (χ3n) is 21.0. The molecule has 15 amide bonds. The number of thiol groups is 2. The van der Waals surface area contributed by atoms with Crippen LogP contribution >= 0.6 is 25.3 Å². The number of aliphatic hydroxyl groups excluding tert-OH is 4. The van der Waals surface area contributed by atoms with Gasteiger partial charge in [0, 0.05) is 30.4 Å². The summed E-state index contributed by atoms with van der Waals surface area (Å²) in [7, 11) is 0. The molecule has 766 valence electrons. The van der Waals surface area contributed by atoms with Crippen LogP contribution in [0.15, 0.2) is 78.9 Å². The van der Waals surface area contributed by atoms with Gasteiger partial charge in [0.2, 0.25) is 88.4 Å². The monoisotopic (exact) mass is 1990 g/mol. The van der Waals surface area contributed by atoms with E-state index < -0.39 is 278 Å². The van der Waals surface area contributed by atoms with E-state index in [1.807, 2.05) is 16.0 Å². The Bertz CT molecular complexity index is 4570. The number of hydrogen-bond donors (Lipinski definition) is 34. The first kappa shape index (κ1) is 119. The number of Topliss-reactive ketones (excluding diaryl/α,β-unsaturated/α-hetero) is 2. The number of amides is 15. The van der Waals surface area contributed by atoms with Gasteiger partial charge in [0.15, 0.2) is 5.96 Å². The molecule has 0 aliphatic carbocycles. The molecule has 0 aliphatic rings. The number of nitrogens with two attached hydrogens (primary N) is 5. The Balaban J connectivity index is 1.87. The van der Waals surface area contributed by atoms with Gasteiger partial charge in [-0.2, -0.15) is 25.3 Å². The lowest BCUT2D eigenvalue weighted by molar-refractivity contribution is -0.143. The summed E-state index contributed by atoms with van der Waals surface area (Å²) >= 11 is 8.37. The first-order valence-electron chi connectivity index (χ1n) is 44.0. The Morgan fingerprint density at radius 2 is 0.790 bits per heavy atom. The van der Waals surface area contributed by atoms with Crippen molar-refractivity contribution in [1.82, 2.24) is 90.8 Å². The molecule has 0 aromatic heterocycles. The van der Waals surface area contributed by atoms with Crippen molar-refractivity contribution in [2.24, 2.45) is 46.4 Å². The molecular formula is C85H131N23O28S2. The maximum Gasteiger partial charge on any atom is 0.328 e. The van der Waals surface area contributed by atoms with Crippen LogP contribution in [0.1, 0.15) is 128 Å². The van der Waals surface area contributed by atoms with Gasteiger partial charge < -0.3 is 144 Å². The number of benzene rings is 3.